The third-order valence-corrected chi connectivity index (χ3v) is 6.11. The second-order valence-corrected chi connectivity index (χ2v) is 9.89. The van der Waals surface area contributed by atoms with Gasteiger partial charge in [0.05, 0.1) is 17.2 Å². The molecule has 0 aliphatic carbocycles. The van der Waals surface area contributed by atoms with E-state index >= 15 is 0 Å². The first-order valence-corrected chi connectivity index (χ1v) is 11.8. The van der Waals surface area contributed by atoms with Crippen molar-refractivity contribution in [2.75, 3.05) is 11.1 Å². The van der Waals surface area contributed by atoms with Crippen molar-refractivity contribution in [2.24, 2.45) is 5.10 Å². The molecule has 5 aromatic rings. The van der Waals surface area contributed by atoms with Gasteiger partial charge in [-0.05, 0) is 47.7 Å². The highest BCUT2D eigenvalue weighted by atomic mass is 16.1. The largest absolute Gasteiger partial charge is 0.383 e. The number of rotatable bonds is 4. The fourth-order valence-corrected chi connectivity index (χ4v) is 4.01. The van der Waals surface area contributed by atoms with Gasteiger partial charge in [-0.3, -0.25) is 4.79 Å². The van der Waals surface area contributed by atoms with E-state index in [0.717, 1.165) is 11.1 Å². The van der Waals surface area contributed by atoms with Crippen LogP contribution in [0.5, 0.6) is 0 Å². The smallest absolute Gasteiger partial charge is 0.261 e. The van der Waals surface area contributed by atoms with Gasteiger partial charge < -0.3 is 11.1 Å². The summed E-state index contributed by atoms with van der Waals surface area (Å²) in [6, 6.07) is 23.3. The van der Waals surface area contributed by atoms with Crippen LogP contribution in [-0.2, 0) is 5.41 Å². The van der Waals surface area contributed by atoms with E-state index in [9.17, 15) is 4.79 Å². The normalized spacial score (nSPS) is 12.0. The van der Waals surface area contributed by atoms with E-state index in [1.807, 2.05) is 67.6 Å². The van der Waals surface area contributed by atoms with Crippen LogP contribution in [0.3, 0.4) is 0 Å². The molecule has 3 aromatic carbocycles. The lowest BCUT2D eigenvalue weighted by Crippen LogP contribution is -2.14. The molecule has 7 heteroatoms. The lowest BCUT2D eigenvalue weighted by molar-refractivity contribution is 0.102. The summed E-state index contributed by atoms with van der Waals surface area (Å²) in [6.45, 7) is 8.52. The number of aryl methyl sites for hydroxylation is 1. The Bertz CT molecular complexity index is 1610. The van der Waals surface area contributed by atoms with Crippen LogP contribution < -0.4 is 11.1 Å². The van der Waals surface area contributed by atoms with Crippen LogP contribution in [-0.4, -0.2) is 26.8 Å². The van der Waals surface area contributed by atoms with Crippen LogP contribution in [0.1, 0.15) is 47.8 Å². The lowest BCUT2D eigenvalue weighted by Gasteiger charge is -2.18. The highest BCUT2D eigenvalue weighted by molar-refractivity contribution is 6.16. The van der Waals surface area contributed by atoms with E-state index in [2.05, 4.69) is 43.3 Å². The summed E-state index contributed by atoms with van der Waals surface area (Å²) in [6.07, 6.45) is 1.71. The number of nitrogens with two attached hydrogens (primary N) is 1. The molecule has 0 fully saturated rings. The number of nitrogen functional groups attached to an aromatic ring is 1. The molecule has 0 bridgehead atoms. The monoisotopic (exact) mass is 476 g/mol. The van der Waals surface area contributed by atoms with Crippen molar-refractivity contribution in [3.05, 3.63) is 95.1 Å². The maximum Gasteiger partial charge on any atom is 0.261 e. The first-order chi connectivity index (χ1) is 17.2. The molecule has 36 heavy (non-hydrogen) atoms. The average molecular weight is 477 g/mol. The Balaban J connectivity index is 1.60. The Labute approximate surface area is 209 Å². The van der Waals surface area contributed by atoms with Gasteiger partial charge in [0.25, 0.3) is 5.91 Å². The van der Waals surface area contributed by atoms with Gasteiger partial charge in [-0.25, -0.2) is 9.97 Å². The molecule has 0 radical (unpaired) electrons. The molecule has 180 valence electrons. The van der Waals surface area contributed by atoms with Crippen molar-refractivity contribution in [1.82, 2.24) is 14.6 Å². The van der Waals surface area contributed by atoms with Gasteiger partial charge in [-0.15, -0.1) is 0 Å². The molecule has 0 unspecified atom stereocenters. The second kappa shape index (κ2) is 8.92. The number of benzene rings is 3. The minimum absolute atomic E-state index is 0.0626. The Hall–Kier alpha value is -4.52. The van der Waals surface area contributed by atoms with Crippen LogP contribution in [0.2, 0.25) is 0 Å². The van der Waals surface area contributed by atoms with Gasteiger partial charge in [0.2, 0.25) is 0 Å². The second-order valence-electron chi connectivity index (χ2n) is 9.89. The molecular weight excluding hydrogens is 448 g/mol. The highest BCUT2D eigenvalue weighted by Crippen LogP contribution is 2.29. The SMILES string of the molecule is Cc1ccc(NC(=O)c2c(N)n(/N=C/c3ccc(C(C)(C)C)cc3)c3nc4ccccc4nc23)cc1. The third kappa shape index (κ3) is 4.43. The zero-order valence-electron chi connectivity index (χ0n) is 20.8. The number of hydrogen-bond acceptors (Lipinski definition) is 5. The molecule has 5 rings (SSSR count). The zero-order valence-corrected chi connectivity index (χ0v) is 20.8. The summed E-state index contributed by atoms with van der Waals surface area (Å²) in [7, 11) is 0. The van der Waals surface area contributed by atoms with Crippen molar-refractivity contribution in [1.29, 1.82) is 0 Å². The van der Waals surface area contributed by atoms with E-state index in [0.29, 0.717) is 27.9 Å². The molecule has 2 heterocycles. The van der Waals surface area contributed by atoms with E-state index in [4.69, 9.17) is 15.7 Å². The molecule has 2 aromatic heterocycles. The number of nitrogens with one attached hydrogen (secondary N) is 1. The van der Waals surface area contributed by atoms with Crippen LogP contribution in [0.15, 0.2) is 77.9 Å². The standard InChI is InChI=1S/C29H28N6O/c1-18-9-15-21(16-10-18)32-28(36)24-25-27(34-23-8-6-5-7-22(23)33-25)35(26(24)30)31-17-19-11-13-20(14-12-19)29(2,3)4/h5-17H,30H2,1-4H3,(H,32,36)/b31-17+. The van der Waals surface area contributed by atoms with Crippen molar-refractivity contribution < 1.29 is 4.79 Å². The van der Waals surface area contributed by atoms with Crippen LogP contribution in [0, 0.1) is 6.92 Å². The van der Waals surface area contributed by atoms with Crippen molar-refractivity contribution in [2.45, 2.75) is 33.1 Å². The number of anilines is 2. The van der Waals surface area contributed by atoms with E-state index in [1.54, 1.807) is 6.21 Å². The first kappa shape index (κ1) is 23.2. The van der Waals surface area contributed by atoms with Crippen molar-refractivity contribution in [3.63, 3.8) is 0 Å². The molecular formula is C29H28N6O. The van der Waals surface area contributed by atoms with E-state index < -0.39 is 0 Å². The number of carbonyl (C=O) groups is 1. The number of para-hydroxylation sites is 2. The number of amides is 1. The Kier molecular flexibility index (Phi) is 5.76. The van der Waals surface area contributed by atoms with Gasteiger partial charge in [-0.2, -0.15) is 9.78 Å². The Morgan fingerprint density at radius 3 is 2.22 bits per heavy atom. The van der Waals surface area contributed by atoms with Crippen LogP contribution >= 0.6 is 0 Å². The molecule has 0 atom stereocenters. The number of nitrogens with zero attached hydrogens (tertiary/aromatic N) is 4. The van der Waals surface area contributed by atoms with E-state index in [1.165, 1.54) is 10.2 Å². The van der Waals surface area contributed by atoms with Gasteiger partial charge >= 0.3 is 0 Å². The number of fused-ring (bicyclic) bond motifs is 2. The molecule has 0 spiro atoms. The molecule has 0 aliphatic rings. The summed E-state index contributed by atoms with van der Waals surface area (Å²) in [4.78, 5) is 22.8. The van der Waals surface area contributed by atoms with Gasteiger partial charge in [0.15, 0.2) is 5.65 Å². The minimum Gasteiger partial charge on any atom is -0.383 e. The van der Waals surface area contributed by atoms with Crippen LogP contribution in [0.4, 0.5) is 11.5 Å². The maximum atomic E-state index is 13.4. The predicted molar refractivity (Wildman–Crippen MR) is 147 cm³/mol. The molecule has 0 aliphatic heterocycles. The molecule has 0 saturated heterocycles. The predicted octanol–water partition coefficient (Wildman–Crippen LogP) is 5.91. The zero-order chi connectivity index (χ0) is 25.4. The summed E-state index contributed by atoms with van der Waals surface area (Å²) in [5, 5.41) is 7.53. The highest BCUT2D eigenvalue weighted by Gasteiger charge is 2.24. The van der Waals surface area contributed by atoms with Crippen LogP contribution in [0.25, 0.3) is 22.2 Å². The number of hydrogen-bond donors (Lipinski definition) is 2. The fraction of sp³-hybridized carbons (Fsp3) is 0.172. The summed E-state index contributed by atoms with van der Waals surface area (Å²) in [5.74, 6) is -0.193. The summed E-state index contributed by atoms with van der Waals surface area (Å²) >= 11 is 0. The number of carbonyl (C=O) groups excluding carboxylic acids is 1. The topological polar surface area (TPSA) is 98.2 Å². The van der Waals surface area contributed by atoms with Gasteiger partial charge in [0, 0.05) is 5.69 Å². The average Bonchev–Trinajstić information content (AvgIpc) is 3.12. The Morgan fingerprint density at radius 1 is 0.944 bits per heavy atom. The van der Waals surface area contributed by atoms with E-state index in [-0.39, 0.29) is 22.7 Å². The minimum atomic E-state index is -0.366. The molecule has 0 saturated carbocycles. The van der Waals surface area contributed by atoms with Gasteiger partial charge in [0.1, 0.15) is 16.9 Å². The molecule has 7 nitrogen and oxygen atoms in total. The lowest BCUT2D eigenvalue weighted by atomic mass is 9.87. The Morgan fingerprint density at radius 2 is 1.58 bits per heavy atom. The maximum absolute atomic E-state index is 13.4. The van der Waals surface area contributed by atoms with Crippen molar-refractivity contribution in [3.8, 4) is 0 Å². The van der Waals surface area contributed by atoms with Crippen molar-refractivity contribution >= 4 is 45.8 Å². The quantitative estimate of drug-likeness (QED) is 0.315. The molecule has 3 N–H and O–H groups in total. The van der Waals surface area contributed by atoms with Gasteiger partial charge in [-0.1, -0.05) is 74.9 Å². The summed E-state index contributed by atoms with van der Waals surface area (Å²) < 4.78 is 1.48. The number of aromatic nitrogens is 3. The summed E-state index contributed by atoms with van der Waals surface area (Å²) in [5.41, 5.74) is 12.9. The molecule has 1 amide bonds. The fourth-order valence-electron chi connectivity index (χ4n) is 4.01. The third-order valence-electron chi connectivity index (χ3n) is 6.11. The first-order valence-electron chi connectivity index (χ1n) is 11.8.